The zero-order valence-corrected chi connectivity index (χ0v) is 13.2. The largest absolute Gasteiger partial charge is 0.468 e. The first kappa shape index (κ1) is 15.2. The molecule has 1 atom stereocenters. The lowest BCUT2D eigenvalue weighted by molar-refractivity contribution is 0.250. The van der Waals surface area contributed by atoms with E-state index < -0.39 is 0 Å². The highest BCUT2D eigenvalue weighted by molar-refractivity contribution is 9.10. The first-order valence-electron chi connectivity index (χ1n) is 6.42. The maximum absolute atomic E-state index is 13.0. The second-order valence-electron chi connectivity index (χ2n) is 4.86. The fourth-order valence-corrected chi connectivity index (χ4v) is 2.52. The van der Waals surface area contributed by atoms with Crippen LogP contribution in [-0.2, 0) is 6.54 Å². The Hall–Kier alpha value is -1.17. The number of hydrogen-bond acceptors (Lipinski definition) is 3. The summed E-state index contributed by atoms with van der Waals surface area (Å²) in [6.07, 6.45) is 1.68. The summed E-state index contributed by atoms with van der Waals surface area (Å²) in [6, 6.07) is 8.77. The van der Waals surface area contributed by atoms with Crippen LogP contribution in [0.1, 0.15) is 17.4 Å². The van der Waals surface area contributed by atoms with Crippen LogP contribution in [0.25, 0.3) is 0 Å². The summed E-state index contributed by atoms with van der Waals surface area (Å²) < 4.78 is 19.3. The molecule has 0 bridgehead atoms. The zero-order chi connectivity index (χ0) is 14.5. The zero-order valence-electron chi connectivity index (χ0n) is 11.6. The number of furan rings is 1. The number of rotatable bonds is 6. The first-order valence-corrected chi connectivity index (χ1v) is 7.21. The van der Waals surface area contributed by atoms with E-state index in [1.54, 1.807) is 12.3 Å². The normalized spacial score (nSPS) is 12.8. The van der Waals surface area contributed by atoms with Gasteiger partial charge in [-0.1, -0.05) is 22.0 Å². The number of nitrogens with one attached hydrogen (secondary N) is 1. The van der Waals surface area contributed by atoms with Gasteiger partial charge in [0.15, 0.2) is 0 Å². The number of hydrogen-bond donors (Lipinski definition) is 1. The number of halogens is 2. The molecule has 0 aliphatic heterocycles. The molecule has 2 aromatic rings. The number of likely N-dealkylation sites (N-methyl/N-ethyl adjacent to an activating group) is 1. The molecule has 1 N–H and O–H groups in total. The SMILES string of the molecule is CN(C)C(CNCc1ccc(F)cc1Br)c1ccco1. The maximum Gasteiger partial charge on any atom is 0.124 e. The van der Waals surface area contributed by atoms with Gasteiger partial charge in [-0.3, -0.25) is 4.90 Å². The van der Waals surface area contributed by atoms with Crippen molar-refractivity contribution in [3.05, 3.63) is 58.2 Å². The van der Waals surface area contributed by atoms with Gasteiger partial charge in [-0.05, 0) is 43.9 Å². The van der Waals surface area contributed by atoms with Crippen LogP contribution in [0.3, 0.4) is 0 Å². The molecule has 1 unspecified atom stereocenters. The van der Waals surface area contributed by atoms with E-state index in [1.807, 2.05) is 26.2 Å². The van der Waals surface area contributed by atoms with E-state index in [1.165, 1.54) is 12.1 Å². The standard InChI is InChI=1S/C15H18BrFN2O/c1-19(2)14(15-4-3-7-20-15)10-18-9-11-5-6-12(17)8-13(11)16/h3-8,14,18H,9-10H2,1-2H3. The molecule has 0 saturated carbocycles. The predicted molar refractivity (Wildman–Crippen MR) is 80.9 cm³/mol. The molecule has 20 heavy (non-hydrogen) atoms. The average Bonchev–Trinajstić information content (AvgIpc) is 2.90. The van der Waals surface area contributed by atoms with Gasteiger partial charge >= 0.3 is 0 Å². The quantitative estimate of drug-likeness (QED) is 0.871. The van der Waals surface area contributed by atoms with Gasteiger partial charge in [0.25, 0.3) is 0 Å². The first-order chi connectivity index (χ1) is 9.58. The van der Waals surface area contributed by atoms with Gasteiger partial charge in [-0.15, -0.1) is 0 Å². The third-order valence-corrected chi connectivity index (χ3v) is 3.90. The van der Waals surface area contributed by atoms with Crippen molar-refractivity contribution in [3.63, 3.8) is 0 Å². The Labute approximate surface area is 126 Å². The van der Waals surface area contributed by atoms with Crippen molar-refractivity contribution in [2.75, 3.05) is 20.6 Å². The summed E-state index contributed by atoms with van der Waals surface area (Å²) in [7, 11) is 4.03. The van der Waals surface area contributed by atoms with Crippen molar-refractivity contribution in [2.24, 2.45) is 0 Å². The van der Waals surface area contributed by atoms with E-state index in [4.69, 9.17) is 4.42 Å². The lowest BCUT2D eigenvalue weighted by Crippen LogP contribution is -2.30. The van der Waals surface area contributed by atoms with Crippen LogP contribution in [0.4, 0.5) is 4.39 Å². The van der Waals surface area contributed by atoms with E-state index in [2.05, 4.69) is 26.1 Å². The van der Waals surface area contributed by atoms with Crippen LogP contribution in [-0.4, -0.2) is 25.5 Å². The summed E-state index contributed by atoms with van der Waals surface area (Å²) in [5, 5.41) is 3.38. The van der Waals surface area contributed by atoms with Gasteiger partial charge in [0.1, 0.15) is 11.6 Å². The second-order valence-corrected chi connectivity index (χ2v) is 5.72. The molecule has 0 spiro atoms. The monoisotopic (exact) mass is 340 g/mol. The van der Waals surface area contributed by atoms with Crippen molar-refractivity contribution in [2.45, 2.75) is 12.6 Å². The van der Waals surface area contributed by atoms with Gasteiger partial charge in [0.2, 0.25) is 0 Å². The van der Waals surface area contributed by atoms with Crippen LogP contribution in [0.2, 0.25) is 0 Å². The van der Waals surface area contributed by atoms with Crippen molar-refractivity contribution < 1.29 is 8.81 Å². The maximum atomic E-state index is 13.0. The molecule has 1 aromatic carbocycles. The van der Waals surface area contributed by atoms with Crippen molar-refractivity contribution in [3.8, 4) is 0 Å². The molecule has 0 saturated heterocycles. The fourth-order valence-electron chi connectivity index (χ4n) is 2.03. The van der Waals surface area contributed by atoms with Crippen molar-refractivity contribution in [1.82, 2.24) is 10.2 Å². The molecular weight excluding hydrogens is 323 g/mol. The minimum atomic E-state index is -0.234. The van der Waals surface area contributed by atoms with Gasteiger partial charge in [-0.2, -0.15) is 0 Å². The molecule has 0 radical (unpaired) electrons. The number of nitrogens with zero attached hydrogens (tertiary/aromatic N) is 1. The predicted octanol–water partition coefficient (Wildman–Crippen LogP) is 3.57. The minimum Gasteiger partial charge on any atom is -0.468 e. The summed E-state index contributed by atoms with van der Waals surface area (Å²) in [6.45, 7) is 1.43. The second kappa shape index (κ2) is 7.02. The lowest BCUT2D eigenvalue weighted by atomic mass is 10.2. The molecule has 0 fully saturated rings. The lowest BCUT2D eigenvalue weighted by Gasteiger charge is -2.22. The molecule has 2 rings (SSSR count). The van der Waals surface area contributed by atoms with E-state index >= 15 is 0 Å². The van der Waals surface area contributed by atoms with Gasteiger partial charge < -0.3 is 9.73 Å². The Morgan fingerprint density at radius 2 is 2.15 bits per heavy atom. The van der Waals surface area contributed by atoms with E-state index in [9.17, 15) is 4.39 Å². The van der Waals surface area contributed by atoms with Crippen LogP contribution in [0.5, 0.6) is 0 Å². The molecule has 0 aliphatic carbocycles. The number of benzene rings is 1. The third-order valence-electron chi connectivity index (χ3n) is 3.16. The molecule has 1 heterocycles. The van der Waals surface area contributed by atoms with E-state index in [0.717, 1.165) is 22.3 Å². The third kappa shape index (κ3) is 3.91. The summed E-state index contributed by atoms with van der Waals surface area (Å²) in [5.74, 6) is 0.697. The summed E-state index contributed by atoms with van der Waals surface area (Å²) in [4.78, 5) is 2.10. The molecule has 3 nitrogen and oxygen atoms in total. The smallest absolute Gasteiger partial charge is 0.124 e. The van der Waals surface area contributed by atoms with Crippen molar-refractivity contribution >= 4 is 15.9 Å². The topological polar surface area (TPSA) is 28.4 Å². The van der Waals surface area contributed by atoms with E-state index in [-0.39, 0.29) is 11.9 Å². The Morgan fingerprint density at radius 1 is 1.35 bits per heavy atom. The highest BCUT2D eigenvalue weighted by Gasteiger charge is 2.16. The Morgan fingerprint density at radius 3 is 2.75 bits per heavy atom. The molecular formula is C15H18BrFN2O. The highest BCUT2D eigenvalue weighted by atomic mass is 79.9. The molecule has 0 aliphatic rings. The Bertz CT molecular complexity index is 543. The van der Waals surface area contributed by atoms with Gasteiger partial charge in [-0.25, -0.2) is 4.39 Å². The molecule has 108 valence electrons. The van der Waals surface area contributed by atoms with Gasteiger partial charge in [0, 0.05) is 17.6 Å². The average molecular weight is 341 g/mol. The highest BCUT2D eigenvalue weighted by Crippen LogP contribution is 2.20. The van der Waals surface area contributed by atoms with Crippen LogP contribution in [0, 0.1) is 5.82 Å². The molecule has 5 heteroatoms. The Balaban J connectivity index is 1.94. The fraction of sp³-hybridized carbons (Fsp3) is 0.333. The van der Waals surface area contributed by atoms with Crippen molar-refractivity contribution in [1.29, 1.82) is 0 Å². The van der Waals surface area contributed by atoms with E-state index in [0.29, 0.717) is 6.54 Å². The molecule has 0 amide bonds. The summed E-state index contributed by atoms with van der Waals surface area (Å²) in [5.41, 5.74) is 1.03. The van der Waals surface area contributed by atoms with Crippen LogP contribution < -0.4 is 5.32 Å². The molecule has 1 aromatic heterocycles. The van der Waals surface area contributed by atoms with Gasteiger partial charge in [0.05, 0.1) is 12.3 Å². The van der Waals surface area contributed by atoms with Crippen LogP contribution >= 0.6 is 15.9 Å². The summed E-state index contributed by atoms with van der Waals surface area (Å²) >= 11 is 3.37. The Kier molecular flexibility index (Phi) is 5.34. The minimum absolute atomic E-state index is 0.171. The van der Waals surface area contributed by atoms with Crippen LogP contribution in [0.15, 0.2) is 45.5 Å².